The number of carbonyl (C=O) groups excluding carboxylic acids is 2. The smallest absolute Gasteiger partial charge is 0.472 e. The fourth-order valence-corrected chi connectivity index (χ4v) is 6.80. The molecule has 0 rings (SSSR count). The Morgan fingerprint density at radius 2 is 1.05 bits per heavy atom. The van der Waals surface area contributed by atoms with E-state index in [4.69, 9.17) is 24.8 Å². The van der Waals surface area contributed by atoms with Crippen LogP contribution in [0.5, 0.6) is 0 Å². The number of carbonyl (C=O) groups is 3. The molecule has 0 saturated carbocycles. The second-order valence-corrected chi connectivity index (χ2v) is 16.8. The molecule has 0 aliphatic carbocycles. The van der Waals surface area contributed by atoms with Crippen LogP contribution >= 0.6 is 7.82 Å². The third-order valence-electron chi connectivity index (χ3n) is 9.65. The molecule has 0 amide bonds. The topological polar surface area (TPSA) is 192 Å². The number of phosphoric acid groups is 1. The summed E-state index contributed by atoms with van der Waals surface area (Å²) >= 11 is 0. The van der Waals surface area contributed by atoms with Crippen molar-refractivity contribution in [3.05, 3.63) is 48.6 Å². The Labute approximate surface area is 357 Å². The molecule has 5 N–H and O–H groups in total. The van der Waals surface area contributed by atoms with Crippen molar-refractivity contribution in [2.24, 2.45) is 5.73 Å². The lowest BCUT2D eigenvalue weighted by Gasteiger charge is -2.20. The number of hydrogen-bond donors (Lipinski definition) is 4. The van der Waals surface area contributed by atoms with Crippen LogP contribution in [0.25, 0.3) is 0 Å². The van der Waals surface area contributed by atoms with Crippen molar-refractivity contribution in [2.45, 2.75) is 205 Å². The summed E-state index contributed by atoms with van der Waals surface area (Å²) in [5, 5.41) is 18.7. The molecule has 12 nitrogen and oxygen atoms in total. The van der Waals surface area contributed by atoms with E-state index in [1.54, 1.807) is 0 Å². The van der Waals surface area contributed by atoms with Crippen molar-refractivity contribution in [1.82, 2.24) is 0 Å². The van der Waals surface area contributed by atoms with Crippen molar-refractivity contribution >= 4 is 25.7 Å². The molecule has 1 unspecified atom stereocenters. The van der Waals surface area contributed by atoms with E-state index in [0.29, 0.717) is 19.3 Å². The summed E-state index contributed by atoms with van der Waals surface area (Å²) in [7, 11) is -4.74. The Morgan fingerprint density at radius 1 is 0.593 bits per heavy atom. The third-order valence-corrected chi connectivity index (χ3v) is 10.6. The monoisotopic (exact) mass is 856 g/mol. The highest BCUT2D eigenvalue weighted by atomic mass is 31.2. The molecule has 0 radical (unpaired) electrons. The molecule has 0 heterocycles. The minimum Gasteiger partial charge on any atom is -0.480 e. The predicted molar refractivity (Wildman–Crippen MR) is 237 cm³/mol. The molecule has 13 heteroatoms. The first-order valence-electron chi connectivity index (χ1n) is 22.8. The van der Waals surface area contributed by atoms with Crippen molar-refractivity contribution < 1.29 is 52.6 Å². The second-order valence-electron chi connectivity index (χ2n) is 15.4. The van der Waals surface area contributed by atoms with Gasteiger partial charge in [0.1, 0.15) is 12.6 Å². The molecule has 0 spiro atoms. The molecular weight excluding hydrogens is 773 g/mol. The third kappa shape index (κ3) is 40.6. The molecule has 59 heavy (non-hydrogen) atoms. The number of allylic oxidation sites excluding steroid dienone is 7. The van der Waals surface area contributed by atoms with Crippen molar-refractivity contribution in [3.63, 3.8) is 0 Å². The van der Waals surface area contributed by atoms with Crippen molar-refractivity contribution in [2.75, 3.05) is 19.8 Å². The Kier molecular flexibility index (Phi) is 39.0. The maximum Gasteiger partial charge on any atom is 0.472 e. The number of ether oxygens (including phenoxy) is 2. The number of hydrogen-bond acceptors (Lipinski definition) is 10. The molecule has 342 valence electrons. The zero-order valence-corrected chi connectivity index (χ0v) is 37.6. The van der Waals surface area contributed by atoms with Gasteiger partial charge >= 0.3 is 25.7 Å². The molecule has 0 aliphatic heterocycles. The van der Waals surface area contributed by atoms with Crippen molar-refractivity contribution in [1.29, 1.82) is 0 Å². The van der Waals surface area contributed by atoms with E-state index in [1.165, 1.54) is 83.5 Å². The second kappa shape index (κ2) is 40.8. The van der Waals surface area contributed by atoms with Gasteiger partial charge < -0.3 is 30.3 Å². The van der Waals surface area contributed by atoms with E-state index in [2.05, 4.69) is 42.7 Å². The molecular formula is C46H82NO11P. The fourth-order valence-electron chi connectivity index (χ4n) is 6.02. The van der Waals surface area contributed by atoms with Gasteiger partial charge in [0.2, 0.25) is 0 Å². The number of esters is 2. The first kappa shape index (κ1) is 56.4. The number of unbranched alkanes of at least 4 members (excludes halogenated alkanes) is 18. The van der Waals surface area contributed by atoms with Gasteiger partial charge in [-0.25, -0.2) is 4.57 Å². The molecule has 4 atom stereocenters. The number of aliphatic hydroxyl groups is 1. The van der Waals surface area contributed by atoms with Gasteiger partial charge in [0.15, 0.2) is 6.10 Å². The van der Waals surface area contributed by atoms with Gasteiger partial charge in [0.05, 0.1) is 19.3 Å². The van der Waals surface area contributed by atoms with Gasteiger partial charge in [0, 0.05) is 12.8 Å². The first-order valence-corrected chi connectivity index (χ1v) is 24.2. The summed E-state index contributed by atoms with van der Waals surface area (Å²) in [6, 6.07) is -1.54. The SMILES string of the molecule is CCCCCCCCCCCCCCCCCCCC(=O)OC[C@H](COP(=O)(O)OC[C@H](N)C(=O)O)OC(=O)CCC/C=C\C/C=C\C/C=C\C/C=C\[C@H](O)CCCC. The highest BCUT2D eigenvalue weighted by Gasteiger charge is 2.28. The van der Waals surface area contributed by atoms with Gasteiger partial charge in [-0.2, -0.15) is 0 Å². The van der Waals surface area contributed by atoms with Crippen molar-refractivity contribution in [3.8, 4) is 0 Å². The Hall–Kier alpha value is -2.60. The maximum atomic E-state index is 12.6. The molecule has 0 bridgehead atoms. The largest absolute Gasteiger partial charge is 0.480 e. The number of carboxylic acids is 1. The lowest BCUT2D eigenvalue weighted by molar-refractivity contribution is -0.161. The van der Waals surface area contributed by atoms with Crippen LogP contribution < -0.4 is 5.73 Å². The summed E-state index contributed by atoms with van der Waals surface area (Å²) in [6.07, 6.45) is 42.3. The van der Waals surface area contributed by atoms with Crippen LogP contribution in [0.15, 0.2) is 48.6 Å². The lowest BCUT2D eigenvalue weighted by atomic mass is 10.0. The van der Waals surface area contributed by atoms with Crippen LogP contribution in [0.3, 0.4) is 0 Å². The number of phosphoric ester groups is 1. The number of aliphatic carboxylic acids is 1. The van der Waals surface area contributed by atoms with Crippen LogP contribution in [-0.2, 0) is 37.5 Å². The number of carboxylic acid groups (broad SMARTS) is 1. The Morgan fingerprint density at radius 3 is 1.58 bits per heavy atom. The van der Waals surface area contributed by atoms with Crippen LogP contribution in [0.1, 0.15) is 187 Å². The minimum atomic E-state index is -4.74. The molecule has 0 aromatic rings. The molecule has 0 aromatic heterocycles. The van der Waals surface area contributed by atoms with E-state index in [9.17, 15) is 28.9 Å². The highest BCUT2D eigenvalue weighted by Crippen LogP contribution is 2.43. The van der Waals surface area contributed by atoms with Gasteiger partial charge in [0.25, 0.3) is 0 Å². The zero-order chi connectivity index (χ0) is 43.7. The van der Waals surface area contributed by atoms with Gasteiger partial charge in [-0.1, -0.05) is 178 Å². The van der Waals surface area contributed by atoms with E-state index in [0.717, 1.165) is 57.8 Å². The van der Waals surface area contributed by atoms with E-state index in [1.807, 2.05) is 24.3 Å². The quantitative estimate of drug-likeness (QED) is 0.0197. The molecule has 0 fully saturated rings. The Bertz CT molecular complexity index is 1210. The fraction of sp³-hybridized carbons (Fsp3) is 0.761. The molecule has 0 saturated heterocycles. The normalized spacial score (nSPS) is 14.7. The van der Waals surface area contributed by atoms with Crippen LogP contribution in [-0.4, -0.2) is 71.1 Å². The summed E-state index contributed by atoms with van der Waals surface area (Å²) in [5.41, 5.74) is 5.33. The van der Waals surface area contributed by atoms with E-state index in [-0.39, 0.29) is 25.6 Å². The minimum absolute atomic E-state index is 0.0690. The Balaban J connectivity index is 4.44. The van der Waals surface area contributed by atoms with E-state index >= 15 is 0 Å². The van der Waals surface area contributed by atoms with Gasteiger partial charge in [-0.15, -0.1) is 0 Å². The summed E-state index contributed by atoms with van der Waals surface area (Å²) in [4.78, 5) is 46.0. The predicted octanol–water partition coefficient (Wildman–Crippen LogP) is 11.1. The van der Waals surface area contributed by atoms with Crippen LogP contribution in [0.2, 0.25) is 0 Å². The first-order chi connectivity index (χ1) is 28.5. The van der Waals surface area contributed by atoms with Gasteiger partial charge in [-0.3, -0.25) is 23.4 Å². The summed E-state index contributed by atoms with van der Waals surface area (Å²) in [5.74, 6) is -2.48. The highest BCUT2D eigenvalue weighted by molar-refractivity contribution is 7.47. The summed E-state index contributed by atoms with van der Waals surface area (Å²) in [6.45, 7) is 2.60. The number of rotatable bonds is 42. The number of aliphatic hydroxyl groups excluding tert-OH is 1. The zero-order valence-electron chi connectivity index (χ0n) is 36.7. The average Bonchev–Trinajstić information content (AvgIpc) is 3.21. The number of nitrogens with two attached hydrogens (primary N) is 1. The lowest BCUT2D eigenvalue weighted by Crippen LogP contribution is -2.34. The van der Waals surface area contributed by atoms with Crippen LogP contribution in [0.4, 0.5) is 0 Å². The van der Waals surface area contributed by atoms with Gasteiger partial charge in [-0.05, 0) is 44.9 Å². The summed E-state index contributed by atoms with van der Waals surface area (Å²) < 4.78 is 32.6. The van der Waals surface area contributed by atoms with Crippen LogP contribution in [0, 0.1) is 0 Å². The maximum absolute atomic E-state index is 12.6. The average molecular weight is 856 g/mol. The molecule has 0 aromatic carbocycles. The van der Waals surface area contributed by atoms with E-state index < -0.39 is 51.1 Å². The standard InChI is InChI=1S/C46H82NO11P/c1-3-5-7-8-9-10-11-12-13-14-15-16-20-23-26-29-32-36-44(49)55-38-42(39-56-59(53,54)57-40-43(47)46(51)52)58-45(50)37-33-30-27-24-21-18-17-19-22-25-28-31-35-41(48)34-6-4-2/h17-18,22,24-25,27,31,35,41-43,48H,3-16,19-21,23,26,28-30,32-34,36-40,47H2,1-2H3,(H,51,52)(H,53,54)/b18-17-,25-22-,27-24-,35-31-/t41-,42-,43+/m1/s1. The molecule has 0 aliphatic rings.